The molecule has 0 aliphatic carbocycles. The van der Waals surface area contributed by atoms with Gasteiger partial charge >= 0.3 is 0 Å². The van der Waals surface area contributed by atoms with Crippen molar-refractivity contribution in [1.82, 2.24) is 10.6 Å². The Morgan fingerprint density at radius 3 is 2.32 bits per heavy atom. The summed E-state index contributed by atoms with van der Waals surface area (Å²) in [6.07, 6.45) is 0. The lowest BCUT2D eigenvalue weighted by Crippen LogP contribution is -2.36. The molecule has 0 unspecified atom stereocenters. The Hall–Kier alpha value is -1.91. The van der Waals surface area contributed by atoms with Crippen LogP contribution in [0.3, 0.4) is 0 Å². The predicted molar refractivity (Wildman–Crippen MR) is 78.0 cm³/mol. The molecule has 0 aromatic heterocycles. The Kier molecular flexibility index (Phi) is 6.57. The number of rotatable bonds is 6. The first kappa shape index (κ1) is 15.1. The molecule has 0 fully saturated rings. The minimum atomic E-state index is 0.558. The number of nitrogens with one attached hydrogen (secondary N) is 2. The van der Waals surface area contributed by atoms with E-state index in [0.717, 1.165) is 36.1 Å². The Labute approximate surface area is 115 Å². The zero-order valence-electron chi connectivity index (χ0n) is 12.1. The molecule has 1 aromatic rings. The van der Waals surface area contributed by atoms with Crippen LogP contribution < -0.4 is 20.1 Å². The maximum Gasteiger partial charge on any atom is 0.191 e. The smallest absolute Gasteiger partial charge is 0.191 e. The van der Waals surface area contributed by atoms with Crippen molar-refractivity contribution >= 4 is 5.96 Å². The molecule has 0 aliphatic rings. The molecule has 19 heavy (non-hydrogen) atoms. The highest BCUT2D eigenvalue weighted by Crippen LogP contribution is 2.24. The molecule has 0 bridgehead atoms. The van der Waals surface area contributed by atoms with Crippen LogP contribution in [0.2, 0.25) is 0 Å². The average molecular weight is 265 g/mol. The summed E-state index contributed by atoms with van der Waals surface area (Å²) in [4.78, 5) is 4.51. The number of hydrogen-bond acceptors (Lipinski definition) is 3. The molecule has 0 saturated heterocycles. The van der Waals surface area contributed by atoms with Gasteiger partial charge in [-0.3, -0.25) is 0 Å². The van der Waals surface area contributed by atoms with Crippen molar-refractivity contribution < 1.29 is 9.47 Å². The quantitative estimate of drug-likeness (QED) is 0.608. The molecule has 0 spiro atoms. The summed E-state index contributed by atoms with van der Waals surface area (Å²) < 4.78 is 10.5. The summed E-state index contributed by atoms with van der Waals surface area (Å²) >= 11 is 0. The van der Waals surface area contributed by atoms with Crippen molar-refractivity contribution in [1.29, 1.82) is 0 Å². The van der Waals surface area contributed by atoms with Gasteiger partial charge < -0.3 is 20.1 Å². The molecular formula is C14H23N3O2. The van der Waals surface area contributed by atoms with Gasteiger partial charge in [0, 0.05) is 24.7 Å². The molecule has 0 heterocycles. The van der Waals surface area contributed by atoms with E-state index in [-0.39, 0.29) is 0 Å². The van der Waals surface area contributed by atoms with Gasteiger partial charge in [0.1, 0.15) is 11.5 Å². The van der Waals surface area contributed by atoms with Gasteiger partial charge in [-0.05, 0) is 26.0 Å². The number of aliphatic imine (C=N–C) groups is 1. The molecule has 2 N–H and O–H groups in total. The van der Waals surface area contributed by atoms with Gasteiger partial charge in [0.05, 0.1) is 20.8 Å². The number of methoxy groups -OCH3 is 2. The van der Waals surface area contributed by atoms with Gasteiger partial charge in [0.25, 0.3) is 0 Å². The monoisotopic (exact) mass is 265 g/mol. The van der Waals surface area contributed by atoms with E-state index in [1.165, 1.54) is 0 Å². The fraction of sp³-hybridized carbons (Fsp3) is 0.500. The second kappa shape index (κ2) is 8.24. The van der Waals surface area contributed by atoms with E-state index < -0.39 is 0 Å². The maximum atomic E-state index is 5.35. The fourth-order valence-corrected chi connectivity index (χ4v) is 1.66. The Bertz CT molecular complexity index is 411. The highest BCUT2D eigenvalue weighted by molar-refractivity contribution is 5.79. The Morgan fingerprint density at radius 1 is 1.11 bits per heavy atom. The van der Waals surface area contributed by atoms with Crippen molar-refractivity contribution in [3.05, 3.63) is 23.8 Å². The normalized spacial score (nSPS) is 9.68. The first-order chi connectivity index (χ1) is 9.24. The molecule has 0 amide bonds. The fourth-order valence-electron chi connectivity index (χ4n) is 1.66. The lowest BCUT2D eigenvalue weighted by Gasteiger charge is -2.11. The van der Waals surface area contributed by atoms with Crippen molar-refractivity contribution in [2.45, 2.75) is 20.4 Å². The van der Waals surface area contributed by atoms with Crippen LogP contribution in [0.25, 0.3) is 0 Å². The molecule has 1 aromatic carbocycles. The number of ether oxygens (including phenoxy) is 2. The summed E-state index contributed by atoms with van der Waals surface area (Å²) in [6.45, 7) is 6.32. The van der Waals surface area contributed by atoms with E-state index in [0.29, 0.717) is 6.54 Å². The van der Waals surface area contributed by atoms with E-state index in [1.807, 2.05) is 32.0 Å². The van der Waals surface area contributed by atoms with Crippen molar-refractivity contribution in [3.63, 3.8) is 0 Å². The van der Waals surface area contributed by atoms with Crippen LogP contribution in [0.1, 0.15) is 19.4 Å². The number of benzene rings is 1. The van der Waals surface area contributed by atoms with E-state index in [2.05, 4.69) is 15.6 Å². The Balaban J connectivity index is 2.82. The second-order valence-corrected chi connectivity index (χ2v) is 3.90. The molecule has 0 saturated carbocycles. The first-order valence-corrected chi connectivity index (χ1v) is 6.48. The largest absolute Gasteiger partial charge is 0.497 e. The van der Waals surface area contributed by atoms with Gasteiger partial charge in [-0.15, -0.1) is 0 Å². The zero-order chi connectivity index (χ0) is 14.1. The van der Waals surface area contributed by atoms with Crippen LogP contribution >= 0.6 is 0 Å². The minimum Gasteiger partial charge on any atom is -0.497 e. The zero-order valence-corrected chi connectivity index (χ0v) is 12.1. The van der Waals surface area contributed by atoms with E-state index in [9.17, 15) is 0 Å². The summed E-state index contributed by atoms with van der Waals surface area (Å²) in [5.74, 6) is 2.38. The van der Waals surface area contributed by atoms with Crippen LogP contribution in [0.5, 0.6) is 11.5 Å². The Morgan fingerprint density at radius 2 is 1.79 bits per heavy atom. The number of hydrogen-bond donors (Lipinski definition) is 2. The van der Waals surface area contributed by atoms with Crippen molar-refractivity contribution in [2.75, 3.05) is 27.3 Å². The highest BCUT2D eigenvalue weighted by Gasteiger charge is 2.05. The van der Waals surface area contributed by atoms with Gasteiger partial charge in [0.15, 0.2) is 5.96 Å². The summed E-state index contributed by atoms with van der Waals surface area (Å²) in [7, 11) is 3.29. The topological polar surface area (TPSA) is 54.9 Å². The van der Waals surface area contributed by atoms with Crippen LogP contribution in [-0.2, 0) is 6.54 Å². The summed E-state index contributed by atoms with van der Waals surface area (Å²) in [6, 6.07) is 5.75. The van der Waals surface area contributed by atoms with Gasteiger partial charge in [-0.2, -0.15) is 0 Å². The lowest BCUT2D eigenvalue weighted by atomic mass is 10.2. The van der Waals surface area contributed by atoms with E-state index >= 15 is 0 Å². The first-order valence-electron chi connectivity index (χ1n) is 6.48. The standard InChI is InChI=1S/C14H23N3O2/c1-5-15-14(16-6-2)17-10-11-7-8-12(18-3)9-13(11)19-4/h7-9H,5-6,10H2,1-4H3,(H2,15,16,17). The maximum absolute atomic E-state index is 5.35. The summed E-state index contributed by atoms with van der Waals surface area (Å²) in [5, 5.41) is 6.37. The van der Waals surface area contributed by atoms with Crippen LogP contribution in [0.4, 0.5) is 0 Å². The molecular weight excluding hydrogens is 242 g/mol. The molecule has 5 heteroatoms. The third-order valence-corrected chi connectivity index (χ3v) is 2.59. The number of nitrogens with zero attached hydrogens (tertiary/aromatic N) is 1. The highest BCUT2D eigenvalue weighted by atomic mass is 16.5. The number of guanidine groups is 1. The molecule has 0 atom stereocenters. The molecule has 5 nitrogen and oxygen atoms in total. The minimum absolute atomic E-state index is 0.558. The molecule has 0 aliphatic heterocycles. The van der Waals surface area contributed by atoms with Crippen LogP contribution in [-0.4, -0.2) is 33.3 Å². The third-order valence-electron chi connectivity index (χ3n) is 2.59. The van der Waals surface area contributed by atoms with Gasteiger partial charge in [-0.1, -0.05) is 0 Å². The van der Waals surface area contributed by atoms with E-state index in [1.54, 1.807) is 14.2 Å². The average Bonchev–Trinajstić information content (AvgIpc) is 2.45. The van der Waals surface area contributed by atoms with Gasteiger partial charge in [-0.25, -0.2) is 4.99 Å². The molecule has 1 rings (SSSR count). The van der Waals surface area contributed by atoms with Gasteiger partial charge in [0.2, 0.25) is 0 Å². The molecule has 106 valence electrons. The van der Waals surface area contributed by atoms with Crippen LogP contribution in [0.15, 0.2) is 23.2 Å². The summed E-state index contributed by atoms with van der Waals surface area (Å²) in [5.41, 5.74) is 1.02. The van der Waals surface area contributed by atoms with E-state index in [4.69, 9.17) is 9.47 Å². The lowest BCUT2D eigenvalue weighted by molar-refractivity contribution is 0.391. The second-order valence-electron chi connectivity index (χ2n) is 3.90. The van der Waals surface area contributed by atoms with Crippen molar-refractivity contribution in [3.8, 4) is 11.5 Å². The third kappa shape index (κ3) is 4.69. The van der Waals surface area contributed by atoms with Crippen molar-refractivity contribution in [2.24, 2.45) is 4.99 Å². The predicted octanol–water partition coefficient (Wildman–Crippen LogP) is 1.78. The van der Waals surface area contributed by atoms with Crippen LogP contribution in [0, 0.1) is 0 Å². The molecule has 0 radical (unpaired) electrons. The SMILES string of the molecule is CCNC(=NCc1ccc(OC)cc1OC)NCC.